The largest absolute Gasteiger partial charge is 0.497 e. The van der Waals surface area contributed by atoms with E-state index in [0.29, 0.717) is 17.2 Å². The summed E-state index contributed by atoms with van der Waals surface area (Å²) in [5.41, 5.74) is 0.348. The molecular formula is C19H16F3N3O3. The van der Waals surface area contributed by atoms with E-state index in [9.17, 15) is 18.0 Å². The van der Waals surface area contributed by atoms with Gasteiger partial charge < -0.3 is 14.6 Å². The second-order valence-electron chi connectivity index (χ2n) is 5.92. The third kappa shape index (κ3) is 4.30. The molecule has 2 aromatic heterocycles. The number of carbonyl (C=O) groups is 1. The van der Waals surface area contributed by atoms with Crippen LogP contribution in [-0.4, -0.2) is 23.2 Å². The Hall–Kier alpha value is -3.36. The molecule has 0 atom stereocenters. The molecule has 1 aromatic carbocycles. The van der Waals surface area contributed by atoms with Crippen molar-refractivity contribution in [3.63, 3.8) is 0 Å². The van der Waals surface area contributed by atoms with Gasteiger partial charge >= 0.3 is 6.18 Å². The van der Waals surface area contributed by atoms with Crippen LogP contribution in [0.5, 0.6) is 5.75 Å². The molecule has 0 saturated carbocycles. The zero-order chi connectivity index (χ0) is 20.3. The Labute approximate surface area is 158 Å². The number of aromatic nitrogens is 2. The van der Waals surface area contributed by atoms with E-state index in [1.54, 1.807) is 25.3 Å². The first-order chi connectivity index (χ1) is 13.3. The van der Waals surface area contributed by atoms with Crippen molar-refractivity contribution in [2.75, 3.05) is 7.11 Å². The van der Waals surface area contributed by atoms with E-state index < -0.39 is 17.8 Å². The zero-order valence-electron chi connectivity index (χ0n) is 15.0. The summed E-state index contributed by atoms with van der Waals surface area (Å²) in [5.74, 6) is 0.502. The third-order valence-electron chi connectivity index (χ3n) is 3.97. The lowest BCUT2D eigenvalue weighted by Gasteiger charge is -2.09. The standard InChI is InChI=1S/C19H16F3N3O3/c1-11-15(6-7-17(24-11)19(20,21)22)18(26)23-10-14-9-16(25-28-14)12-4-3-5-13(8-12)27-2/h3-9H,10H2,1-2H3,(H,23,26). The van der Waals surface area contributed by atoms with Gasteiger partial charge in [-0.3, -0.25) is 4.79 Å². The lowest BCUT2D eigenvalue weighted by atomic mass is 10.1. The van der Waals surface area contributed by atoms with E-state index in [4.69, 9.17) is 9.26 Å². The highest BCUT2D eigenvalue weighted by molar-refractivity contribution is 5.95. The Balaban J connectivity index is 1.68. The minimum absolute atomic E-state index is 0.0121. The fourth-order valence-corrected chi connectivity index (χ4v) is 2.54. The first-order valence-electron chi connectivity index (χ1n) is 8.21. The van der Waals surface area contributed by atoms with E-state index in [-0.39, 0.29) is 17.8 Å². The van der Waals surface area contributed by atoms with Crippen LogP contribution in [0.3, 0.4) is 0 Å². The number of ether oxygens (including phenoxy) is 1. The van der Waals surface area contributed by atoms with E-state index in [1.807, 2.05) is 12.1 Å². The average Bonchev–Trinajstić information content (AvgIpc) is 3.14. The SMILES string of the molecule is COc1cccc(-c2cc(CNC(=O)c3ccc(C(F)(F)F)nc3C)on2)c1. The van der Waals surface area contributed by atoms with Gasteiger partial charge in [-0.15, -0.1) is 0 Å². The van der Waals surface area contributed by atoms with Crippen LogP contribution in [0.2, 0.25) is 0 Å². The number of carbonyl (C=O) groups excluding carboxylic acids is 1. The molecule has 9 heteroatoms. The molecule has 6 nitrogen and oxygen atoms in total. The molecule has 0 radical (unpaired) electrons. The van der Waals surface area contributed by atoms with E-state index in [2.05, 4.69) is 15.5 Å². The molecule has 1 N–H and O–H groups in total. The van der Waals surface area contributed by atoms with Crippen molar-refractivity contribution in [3.8, 4) is 17.0 Å². The number of amides is 1. The second-order valence-corrected chi connectivity index (χ2v) is 5.92. The maximum atomic E-state index is 12.7. The number of pyridine rings is 1. The predicted molar refractivity (Wildman–Crippen MR) is 93.6 cm³/mol. The summed E-state index contributed by atoms with van der Waals surface area (Å²) < 4.78 is 48.4. The molecule has 3 aromatic rings. The maximum Gasteiger partial charge on any atom is 0.433 e. The lowest BCUT2D eigenvalue weighted by molar-refractivity contribution is -0.141. The van der Waals surface area contributed by atoms with Gasteiger partial charge in [0.2, 0.25) is 0 Å². The topological polar surface area (TPSA) is 77.2 Å². The quantitative estimate of drug-likeness (QED) is 0.711. The van der Waals surface area contributed by atoms with E-state index in [0.717, 1.165) is 17.7 Å². The molecular weight excluding hydrogens is 375 g/mol. The number of benzene rings is 1. The molecule has 0 aliphatic heterocycles. The summed E-state index contributed by atoms with van der Waals surface area (Å²) >= 11 is 0. The fraction of sp³-hybridized carbons (Fsp3) is 0.211. The third-order valence-corrected chi connectivity index (χ3v) is 3.97. The number of rotatable bonds is 5. The van der Waals surface area contributed by atoms with Gasteiger partial charge in [0, 0.05) is 11.6 Å². The van der Waals surface area contributed by atoms with Crippen molar-refractivity contribution in [2.45, 2.75) is 19.6 Å². The molecule has 0 aliphatic rings. The number of hydrogen-bond acceptors (Lipinski definition) is 5. The number of aryl methyl sites for hydroxylation is 1. The molecule has 0 spiro atoms. The number of hydrogen-bond donors (Lipinski definition) is 1. The average molecular weight is 391 g/mol. The van der Waals surface area contributed by atoms with Crippen LogP contribution in [0.25, 0.3) is 11.3 Å². The van der Waals surface area contributed by atoms with Crippen molar-refractivity contribution < 1.29 is 27.2 Å². The van der Waals surface area contributed by atoms with Crippen molar-refractivity contribution >= 4 is 5.91 Å². The smallest absolute Gasteiger partial charge is 0.433 e. The lowest BCUT2D eigenvalue weighted by Crippen LogP contribution is -2.24. The van der Waals surface area contributed by atoms with Crippen LogP contribution in [0.4, 0.5) is 13.2 Å². The molecule has 2 heterocycles. The van der Waals surface area contributed by atoms with Crippen LogP contribution in [-0.2, 0) is 12.7 Å². The van der Waals surface area contributed by atoms with Crippen molar-refractivity contribution in [3.05, 3.63) is 65.2 Å². The molecule has 0 aliphatic carbocycles. The first kappa shape index (κ1) is 19.4. The molecule has 146 valence electrons. The number of methoxy groups -OCH3 is 1. The zero-order valence-corrected chi connectivity index (χ0v) is 15.0. The number of nitrogens with zero attached hydrogens (tertiary/aromatic N) is 2. The maximum absolute atomic E-state index is 12.7. The van der Waals surface area contributed by atoms with Gasteiger partial charge in [0.1, 0.15) is 17.1 Å². The first-order valence-corrected chi connectivity index (χ1v) is 8.21. The van der Waals surface area contributed by atoms with Gasteiger partial charge in [-0.05, 0) is 31.2 Å². The molecule has 0 saturated heterocycles. The van der Waals surface area contributed by atoms with Crippen molar-refractivity contribution in [1.82, 2.24) is 15.5 Å². The Morgan fingerprint density at radius 2 is 2.00 bits per heavy atom. The van der Waals surface area contributed by atoms with E-state index in [1.165, 1.54) is 6.92 Å². The Kier molecular flexibility index (Phi) is 5.34. The van der Waals surface area contributed by atoms with E-state index >= 15 is 0 Å². The van der Waals surface area contributed by atoms with Crippen LogP contribution in [0, 0.1) is 6.92 Å². The summed E-state index contributed by atoms with van der Waals surface area (Å²) in [4.78, 5) is 15.7. The van der Waals surface area contributed by atoms with Gasteiger partial charge in [-0.25, -0.2) is 4.98 Å². The molecule has 28 heavy (non-hydrogen) atoms. The van der Waals surface area contributed by atoms with Crippen LogP contribution < -0.4 is 10.1 Å². The van der Waals surface area contributed by atoms with Gasteiger partial charge in [0.25, 0.3) is 5.91 Å². The normalized spacial score (nSPS) is 11.3. The fourth-order valence-electron chi connectivity index (χ4n) is 2.54. The summed E-state index contributed by atoms with van der Waals surface area (Å²) in [7, 11) is 1.56. The highest BCUT2D eigenvalue weighted by atomic mass is 19.4. The monoisotopic (exact) mass is 391 g/mol. The number of halogens is 3. The Morgan fingerprint density at radius 3 is 2.68 bits per heavy atom. The van der Waals surface area contributed by atoms with Gasteiger partial charge in [0.05, 0.1) is 24.9 Å². The van der Waals surface area contributed by atoms with Crippen LogP contribution in [0.1, 0.15) is 27.5 Å². The summed E-state index contributed by atoms with van der Waals surface area (Å²) in [6.07, 6.45) is -4.56. The van der Waals surface area contributed by atoms with Crippen LogP contribution >= 0.6 is 0 Å². The van der Waals surface area contributed by atoms with Gasteiger partial charge in [0.15, 0.2) is 5.76 Å². The molecule has 3 rings (SSSR count). The Bertz CT molecular complexity index is 999. The molecule has 0 unspecified atom stereocenters. The van der Waals surface area contributed by atoms with Crippen molar-refractivity contribution in [2.24, 2.45) is 0 Å². The highest BCUT2D eigenvalue weighted by Crippen LogP contribution is 2.28. The summed E-state index contributed by atoms with van der Waals surface area (Å²) in [5, 5.41) is 6.53. The molecule has 0 fully saturated rings. The minimum Gasteiger partial charge on any atom is -0.497 e. The summed E-state index contributed by atoms with van der Waals surface area (Å²) in [6, 6.07) is 10.8. The minimum atomic E-state index is -4.56. The summed E-state index contributed by atoms with van der Waals surface area (Å²) in [6.45, 7) is 1.37. The molecule has 1 amide bonds. The Morgan fingerprint density at radius 1 is 1.21 bits per heavy atom. The predicted octanol–water partition coefficient (Wildman–Crippen LogP) is 4.00. The van der Waals surface area contributed by atoms with Crippen LogP contribution in [0.15, 0.2) is 47.0 Å². The second kappa shape index (κ2) is 7.71. The number of nitrogens with one attached hydrogen (secondary N) is 1. The van der Waals surface area contributed by atoms with Gasteiger partial charge in [-0.2, -0.15) is 13.2 Å². The van der Waals surface area contributed by atoms with Gasteiger partial charge in [-0.1, -0.05) is 17.3 Å². The highest BCUT2D eigenvalue weighted by Gasteiger charge is 2.33. The number of alkyl halides is 3. The van der Waals surface area contributed by atoms with Crippen molar-refractivity contribution in [1.29, 1.82) is 0 Å². The molecule has 0 bridgehead atoms.